The molecule has 1 fully saturated rings. The first-order chi connectivity index (χ1) is 19.9. The molecule has 12 nitrogen and oxygen atoms in total. The normalized spacial score (nSPS) is 20.8. The van der Waals surface area contributed by atoms with Crippen molar-refractivity contribution in [2.75, 3.05) is 65.1 Å². The second-order valence-corrected chi connectivity index (χ2v) is 10.2. The first-order valence-corrected chi connectivity index (χ1v) is 13.6. The highest BCUT2D eigenvalue weighted by Gasteiger charge is 2.40. The van der Waals surface area contributed by atoms with Crippen LogP contribution in [0.4, 0.5) is 10.3 Å². The number of anilines is 1. The fraction of sp³-hybridized carbons (Fsp3) is 0.464. The second-order valence-electron chi connectivity index (χ2n) is 10.2. The Labute approximate surface area is 237 Å². The van der Waals surface area contributed by atoms with E-state index >= 15 is 0 Å². The average molecular weight is 567 g/mol. The molecule has 2 aromatic heterocycles. The predicted octanol–water partition coefficient (Wildman–Crippen LogP) is 2.63. The third kappa shape index (κ3) is 7.11. The first-order valence-electron chi connectivity index (χ1n) is 13.6. The summed E-state index contributed by atoms with van der Waals surface area (Å²) in [4.78, 5) is 36.3. The summed E-state index contributed by atoms with van der Waals surface area (Å²) in [6.07, 6.45) is 3.71. The maximum atomic E-state index is 13.7. The van der Waals surface area contributed by atoms with E-state index < -0.39 is 11.7 Å². The molecule has 2 aliphatic rings. The molecule has 1 saturated heterocycles. The molecule has 1 aromatic carbocycles. The van der Waals surface area contributed by atoms with Gasteiger partial charge in [-0.2, -0.15) is 0 Å². The van der Waals surface area contributed by atoms with E-state index in [9.17, 15) is 9.18 Å². The lowest BCUT2D eigenvalue weighted by Crippen LogP contribution is -2.49. The Bertz CT molecular complexity index is 1330. The average Bonchev–Trinajstić information content (AvgIpc) is 3.67. The zero-order valence-corrected chi connectivity index (χ0v) is 23.2. The zero-order valence-electron chi connectivity index (χ0n) is 23.2. The van der Waals surface area contributed by atoms with Crippen LogP contribution in [-0.2, 0) is 19.0 Å². The van der Waals surface area contributed by atoms with Crippen molar-refractivity contribution in [2.24, 2.45) is 10.4 Å². The van der Waals surface area contributed by atoms with Crippen LogP contribution >= 0.6 is 0 Å². The van der Waals surface area contributed by atoms with Gasteiger partial charge in [0.15, 0.2) is 5.82 Å². The number of amides is 1. The molecule has 41 heavy (non-hydrogen) atoms. The number of carbonyl (C=O) groups excluding carboxylic acids is 1. The highest BCUT2D eigenvalue weighted by atomic mass is 19.1. The van der Waals surface area contributed by atoms with Crippen LogP contribution in [0.25, 0.3) is 22.6 Å². The number of rotatable bonds is 12. The minimum Gasteiger partial charge on any atom is -0.383 e. The smallest absolute Gasteiger partial charge is 0.230 e. The number of aliphatic imine (C=N–C) groups is 1. The van der Waals surface area contributed by atoms with Gasteiger partial charge in [0, 0.05) is 51.3 Å². The Kier molecular flexibility index (Phi) is 9.29. The maximum Gasteiger partial charge on any atom is 0.230 e. The van der Waals surface area contributed by atoms with E-state index in [1.807, 2.05) is 6.21 Å². The number of H-pyrrole nitrogens is 1. The summed E-state index contributed by atoms with van der Waals surface area (Å²) < 4.78 is 30.7. The van der Waals surface area contributed by atoms with Gasteiger partial charge in [-0.1, -0.05) is 0 Å². The molecule has 0 atom stereocenters. The van der Waals surface area contributed by atoms with E-state index in [0.717, 1.165) is 26.2 Å². The Hall–Kier alpha value is -3.78. The van der Waals surface area contributed by atoms with E-state index in [1.54, 1.807) is 38.4 Å². The lowest BCUT2D eigenvalue weighted by molar-refractivity contribution is -0.231. The van der Waals surface area contributed by atoms with Crippen LogP contribution in [0.2, 0.25) is 0 Å². The summed E-state index contributed by atoms with van der Waals surface area (Å²) >= 11 is 0. The molecule has 1 amide bonds. The summed E-state index contributed by atoms with van der Waals surface area (Å²) in [5.41, 5.74) is 1.63. The van der Waals surface area contributed by atoms with E-state index in [0.29, 0.717) is 54.1 Å². The molecule has 0 aliphatic carbocycles. The maximum absolute atomic E-state index is 13.7. The van der Waals surface area contributed by atoms with Crippen molar-refractivity contribution in [3.8, 4) is 22.6 Å². The molecule has 0 saturated carbocycles. The zero-order chi connectivity index (χ0) is 28.7. The number of ether oxygens (including phenoxy) is 3. The Balaban J connectivity index is 1.32. The van der Waals surface area contributed by atoms with Crippen LogP contribution in [0, 0.1) is 11.2 Å². The van der Waals surface area contributed by atoms with Crippen molar-refractivity contribution in [2.45, 2.75) is 19.6 Å². The fourth-order valence-corrected chi connectivity index (χ4v) is 4.54. The molecule has 4 heterocycles. The summed E-state index contributed by atoms with van der Waals surface area (Å²) in [6, 6.07) is 7.86. The topological polar surface area (TPSA) is 139 Å². The highest BCUT2D eigenvalue weighted by molar-refractivity contribution is 5.82. The van der Waals surface area contributed by atoms with Crippen molar-refractivity contribution in [3.05, 3.63) is 48.2 Å². The van der Waals surface area contributed by atoms with E-state index in [4.69, 9.17) is 24.2 Å². The summed E-state index contributed by atoms with van der Waals surface area (Å²) in [5.74, 6) is 0.390. The van der Waals surface area contributed by atoms with Gasteiger partial charge in [0.25, 0.3) is 0 Å². The van der Waals surface area contributed by atoms with Gasteiger partial charge in [-0.05, 0) is 43.7 Å². The van der Waals surface area contributed by atoms with Gasteiger partial charge in [0.2, 0.25) is 18.1 Å². The Morgan fingerprint density at radius 1 is 1.20 bits per heavy atom. The molecule has 0 bridgehead atoms. The molecule has 3 aromatic rings. The predicted molar refractivity (Wildman–Crippen MR) is 151 cm³/mol. The molecule has 13 heteroatoms. The van der Waals surface area contributed by atoms with Crippen molar-refractivity contribution in [3.63, 3.8) is 0 Å². The number of aromatic nitrogens is 4. The fourth-order valence-electron chi connectivity index (χ4n) is 4.54. The lowest BCUT2D eigenvalue weighted by atomic mass is 9.91. The number of nitrogens with one attached hydrogen (secondary N) is 3. The highest BCUT2D eigenvalue weighted by Crippen LogP contribution is 2.35. The van der Waals surface area contributed by atoms with E-state index in [2.05, 4.69) is 30.5 Å². The van der Waals surface area contributed by atoms with Gasteiger partial charge in [0.05, 0.1) is 49.0 Å². The van der Waals surface area contributed by atoms with Crippen molar-refractivity contribution < 1.29 is 23.4 Å². The third-order valence-electron chi connectivity index (χ3n) is 6.91. The van der Waals surface area contributed by atoms with Crippen LogP contribution < -0.4 is 10.6 Å². The molecule has 0 unspecified atom stereocenters. The number of halogens is 1. The number of carbonyl (C=O) groups is 1. The van der Waals surface area contributed by atoms with Crippen LogP contribution in [0.3, 0.4) is 0 Å². The molecule has 2 aliphatic heterocycles. The number of aromatic amines is 1. The van der Waals surface area contributed by atoms with Gasteiger partial charge >= 0.3 is 0 Å². The van der Waals surface area contributed by atoms with Gasteiger partial charge < -0.3 is 29.8 Å². The van der Waals surface area contributed by atoms with Gasteiger partial charge in [-0.3, -0.25) is 14.7 Å². The molecule has 3 N–H and O–H groups in total. The first kappa shape index (κ1) is 28.7. The van der Waals surface area contributed by atoms with E-state index in [1.165, 1.54) is 12.1 Å². The largest absolute Gasteiger partial charge is 0.383 e. The molecule has 0 spiro atoms. The monoisotopic (exact) mass is 566 g/mol. The number of hydrogen-bond acceptors (Lipinski definition) is 10. The molecular formula is C28H35FN8O4. The number of methoxy groups -OCH3 is 1. The van der Waals surface area contributed by atoms with Gasteiger partial charge in [0.1, 0.15) is 5.82 Å². The number of hydrogen-bond donors (Lipinski definition) is 3. The molecule has 0 radical (unpaired) electrons. The van der Waals surface area contributed by atoms with Crippen molar-refractivity contribution in [1.82, 2.24) is 30.2 Å². The third-order valence-corrected chi connectivity index (χ3v) is 6.91. The minimum atomic E-state index is -0.853. The number of imidazole rings is 1. The molecule has 218 valence electrons. The quantitative estimate of drug-likeness (QED) is 0.282. The standard InChI is InChI=1S/C28H35FN8O4/c1-28(26(38)31-12-15-39-2)16-40-25(41-17-28)24-35-22(19-4-6-20(29)7-5-19)23(36-24)21-8-10-33-27(34-21)32-9-3-13-37-14-11-30-18-37/h4-8,10-11,25H,3,9,12-18H2,1-2H3,(H,31,38)(H,35,36)(H,32,33,34). The van der Waals surface area contributed by atoms with Crippen LogP contribution in [0.1, 0.15) is 25.5 Å². The van der Waals surface area contributed by atoms with Crippen molar-refractivity contribution in [1.29, 1.82) is 0 Å². The number of benzene rings is 1. The lowest BCUT2D eigenvalue weighted by Gasteiger charge is -2.35. The summed E-state index contributed by atoms with van der Waals surface area (Å²) in [6.45, 7) is 6.17. The Morgan fingerprint density at radius 3 is 2.73 bits per heavy atom. The second kappa shape index (κ2) is 13.3. The summed E-state index contributed by atoms with van der Waals surface area (Å²) in [7, 11) is 1.58. The Morgan fingerprint density at radius 2 is 2.00 bits per heavy atom. The SMILES string of the molecule is COCCNC(=O)C1(C)COC(c2nc(-c3ccc(F)cc3)c(-c3ccnc(NCCCN4CC=NC4)n3)[nH]2)OC1. The molecule has 5 rings (SSSR count). The molecular weight excluding hydrogens is 531 g/mol. The van der Waals surface area contributed by atoms with Gasteiger partial charge in [-0.25, -0.2) is 19.3 Å². The van der Waals surface area contributed by atoms with Crippen LogP contribution in [0.5, 0.6) is 0 Å². The van der Waals surface area contributed by atoms with Crippen LogP contribution in [-0.4, -0.2) is 96.7 Å². The minimum absolute atomic E-state index is 0.142. The summed E-state index contributed by atoms with van der Waals surface area (Å²) in [5, 5.41) is 6.13. The van der Waals surface area contributed by atoms with E-state index in [-0.39, 0.29) is 24.9 Å². The van der Waals surface area contributed by atoms with Crippen molar-refractivity contribution >= 4 is 18.1 Å². The number of nitrogens with zero attached hydrogens (tertiary/aromatic N) is 5. The van der Waals surface area contributed by atoms with Gasteiger partial charge in [-0.15, -0.1) is 0 Å². The van der Waals surface area contributed by atoms with Crippen LogP contribution in [0.15, 0.2) is 41.5 Å².